The van der Waals surface area contributed by atoms with Gasteiger partial charge in [-0.15, -0.1) is 0 Å². The van der Waals surface area contributed by atoms with E-state index in [9.17, 15) is 0 Å². The first-order valence-electron chi connectivity index (χ1n) is 6.64. The summed E-state index contributed by atoms with van der Waals surface area (Å²) in [6, 6.07) is 12.9. The minimum absolute atomic E-state index is 0.113. The molecule has 0 saturated heterocycles. The highest BCUT2D eigenvalue weighted by atomic mass is 79.9. The summed E-state index contributed by atoms with van der Waals surface area (Å²) in [5.74, 6) is 0.908. The molecule has 0 aromatic heterocycles. The molecule has 0 aliphatic rings. The van der Waals surface area contributed by atoms with E-state index in [1.807, 2.05) is 7.05 Å². The molecule has 0 radical (unpaired) electrons. The molecular formula is C17H20BrNO. The van der Waals surface area contributed by atoms with Crippen LogP contribution in [0.4, 0.5) is 0 Å². The van der Waals surface area contributed by atoms with Crippen molar-refractivity contribution in [1.82, 2.24) is 5.32 Å². The first kappa shape index (κ1) is 15.1. The Morgan fingerprint density at radius 3 is 2.30 bits per heavy atom. The maximum atomic E-state index is 5.55. The van der Waals surface area contributed by atoms with Crippen LogP contribution < -0.4 is 10.1 Å². The van der Waals surface area contributed by atoms with Crippen molar-refractivity contribution in [3.05, 3.63) is 63.1 Å². The van der Waals surface area contributed by atoms with Gasteiger partial charge in [-0.05, 0) is 44.2 Å². The lowest BCUT2D eigenvalue weighted by Gasteiger charge is -2.21. The highest BCUT2D eigenvalue weighted by Gasteiger charge is 2.17. The maximum Gasteiger partial charge on any atom is 0.124 e. The molecule has 2 aromatic carbocycles. The predicted molar refractivity (Wildman–Crippen MR) is 87.5 cm³/mol. The standard InChI is InChI=1S/C17H20BrNO/c1-11-5-7-13(8-6-11)17(19-3)14-10-15(18)12(2)9-16(14)20-4/h5-10,17,19H,1-4H3. The van der Waals surface area contributed by atoms with Crippen molar-refractivity contribution in [2.24, 2.45) is 0 Å². The van der Waals surface area contributed by atoms with Gasteiger partial charge in [0.2, 0.25) is 0 Å². The molecule has 1 atom stereocenters. The second-order valence-electron chi connectivity index (χ2n) is 4.98. The summed E-state index contributed by atoms with van der Waals surface area (Å²) in [6.45, 7) is 4.16. The summed E-state index contributed by atoms with van der Waals surface area (Å²) in [6.07, 6.45) is 0. The van der Waals surface area contributed by atoms with Gasteiger partial charge in [-0.25, -0.2) is 0 Å². The van der Waals surface area contributed by atoms with Crippen LogP contribution in [0.5, 0.6) is 5.75 Å². The van der Waals surface area contributed by atoms with Gasteiger partial charge in [0.1, 0.15) is 5.75 Å². The smallest absolute Gasteiger partial charge is 0.124 e. The zero-order valence-corrected chi connectivity index (χ0v) is 13.9. The Morgan fingerprint density at radius 1 is 1.10 bits per heavy atom. The van der Waals surface area contributed by atoms with Gasteiger partial charge >= 0.3 is 0 Å². The van der Waals surface area contributed by atoms with Crippen molar-refractivity contribution in [3.8, 4) is 5.75 Å². The summed E-state index contributed by atoms with van der Waals surface area (Å²) < 4.78 is 6.65. The number of hydrogen-bond donors (Lipinski definition) is 1. The monoisotopic (exact) mass is 333 g/mol. The summed E-state index contributed by atoms with van der Waals surface area (Å²) in [4.78, 5) is 0. The largest absolute Gasteiger partial charge is 0.496 e. The molecule has 0 spiro atoms. The summed E-state index contributed by atoms with van der Waals surface area (Å²) in [5.41, 5.74) is 4.80. The van der Waals surface area contributed by atoms with Gasteiger partial charge in [0, 0.05) is 10.0 Å². The second kappa shape index (κ2) is 6.42. The predicted octanol–water partition coefficient (Wildman–Crippen LogP) is 4.38. The molecule has 0 heterocycles. The molecule has 0 amide bonds. The molecule has 3 heteroatoms. The van der Waals surface area contributed by atoms with E-state index in [1.54, 1.807) is 7.11 Å². The van der Waals surface area contributed by atoms with E-state index < -0.39 is 0 Å². The van der Waals surface area contributed by atoms with Crippen LogP contribution in [-0.4, -0.2) is 14.2 Å². The van der Waals surface area contributed by atoms with Crippen LogP contribution in [0.25, 0.3) is 0 Å². The van der Waals surface area contributed by atoms with Gasteiger partial charge in [-0.3, -0.25) is 0 Å². The van der Waals surface area contributed by atoms with Gasteiger partial charge in [-0.2, -0.15) is 0 Å². The molecule has 1 unspecified atom stereocenters. The van der Waals surface area contributed by atoms with E-state index in [2.05, 4.69) is 71.5 Å². The molecule has 0 bridgehead atoms. The summed E-state index contributed by atoms with van der Waals surface area (Å²) >= 11 is 3.61. The lowest BCUT2D eigenvalue weighted by molar-refractivity contribution is 0.405. The van der Waals surface area contributed by atoms with Crippen molar-refractivity contribution in [2.75, 3.05) is 14.2 Å². The molecule has 0 aliphatic carbocycles. The molecule has 1 N–H and O–H groups in total. The SMILES string of the molecule is CNC(c1ccc(C)cc1)c1cc(Br)c(C)cc1OC. The lowest BCUT2D eigenvalue weighted by Crippen LogP contribution is -2.18. The molecular weight excluding hydrogens is 314 g/mol. The normalized spacial score (nSPS) is 12.2. The molecule has 0 aliphatic heterocycles. The van der Waals surface area contributed by atoms with Crippen molar-refractivity contribution in [3.63, 3.8) is 0 Å². The zero-order valence-electron chi connectivity index (χ0n) is 12.3. The van der Waals surface area contributed by atoms with Crippen molar-refractivity contribution >= 4 is 15.9 Å². The average Bonchev–Trinajstić information content (AvgIpc) is 2.45. The fourth-order valence-electron chi connectivity index (χ4n) is 2.33. The Hall–Kier alpha value is -1.32. The number of benzene rings is 2. The summed E-state index contributed by atoms with van der Waals surface area (Å²) in [7, 11) is 3.69. The number of halogens is 1. The maximum absolute atomic E-state index is 5.55. The summed E-state index contributed by atoms with van der Waals surface area (Å²) in [5, 5.41) is 3.37. The third-order valence-electron chi connectivity index (χ3n) is 3.52. The highest BCUT2D eigenvalue weighted by Crippen LogP contribution is 2.34. The Morgan fingerprint density at radius 2 is 1.75 bits per heavy atom. The fraction of sp³-hybridized carbons (Fsp3) is 0.294. The Balaban J connectivity index is 2.51. The lowest BCUT2D eigenvalue weighted by atomic mass is 9.96. The topological polar surface area (TPSA) is 21.3 Å². The van der Waals surface area contributed by atoms with Crippen LogP contribution in [0.2, 0.25) is 0 Å². The Kier molecular flexibility index (Phi) is 4.84. The average molecular weight is 334 g/mol. The number of aryl methyl sites for hydroxylation is 2. The van der Waals surface area contributed by atoms with Gasteiger partial charge in [-0.1, -0.05) is 45.8 Å². The van der Waals surface area contributed by atoms with Crippen molar-refractivity contribution < 1.29 is 4.74 Å². The van der Waals surface area contributed by atoms with E-state index in [0.717, 1.165) is 15.8 Å². The molecule has 20 heavy (non-hydrogen) atoms. The molecule has 2 nitrogen and oxygen atoms in total. The van der Waals surface area contributed by atoms with Crippen LogP contribution in [0, 0.1) is 13.8 Å². The third kappa shape index (κ3) is 3.05. The molecule has 106 valence electrons. The molecule has 2 aromatic rings. The molecule has 0 fully saturated rings. The van der Waals surface area contributed by atoms with E-state index in [1.165, 1.54) is 16.7 Å². The number of rotatable bonds is 4. The Bertz CT molecular complexity index is 593. The molecule has 2 rings (SSSR count). The highest BCUT2D eigenvalue weighted by molar-refractivity contribution is 9.10. The zero-order chi connectivity index (χ0) is 14.7. The van der Waals surface area contributed by atoms with E-state index in [4.69, 9.17) is 4.74 Å². The minimum atomic E-state index is 0.113. The van der Waals surface area contributed by atoms with Gasteiger partial charge in [0.15, 0.2) is 0 Å². The molecule has 0 saturated carbocycles. The van der Waals surface area contributed by atoms with Crippen LogP contribution >= 0.6 is 15.9 Å². The third-order valence-corrected chi connectivity index (χ3v) is 4.38. The van der Waals surface area contributed by atoms with Crippen LogP contribution in [-0.2, 0) is 0 Å². The number of hydrogen-bond acceptors (Lipinski definition) is 2. The first-order valence-corrected chi connectivity index (χ1v) is 7.44. The van der Waals surface area contributed by atoms with Gasteiger partial charge in [0.25, 0.3) is 0 Å². The van der Waals surface area contributed by atoms with Crippen LogP contribution in [0.15, 0.2) is 40.9 Å². The van der Waals surface area contributed by atoms with Crippen LogP contribution in [0.1, 0.15) is 28.3 Å². The van der Waals surface area contributed by atoms with E-state index in [0.29, 0.717) is 0 Å². The van der Waals surface area contributed by atoms with E-state index >= 15 is 0 Å². The van der Waals surface area contributed by atoms with E-state index in [-0.39, 0.29) is 6.04 Å². The van der Waals surface area contributed by atoms with Gasteiger partial charge in [0.05, 0.1) is 13.2 Å². The van der Waals surface area contributed by atoms with Gasteiger partial charge < -0.3 is 10.1 Å². The minimum Gasteiger partial charge on any atom is -0.496 e. The van der Waals surface area contributed by atoms with Crippen molar-refractivity contribution in [1.29, 1.82) is 0 Å². The fourth-order valence-corrected chi connectivity index (χ4v) is 2.69. The number of nitrogens with one attached hydrogen (secondary N) is 1. The van der Waals surface area contributed by atoms with Crippen LogP contribution in [0.3, 0.4) is 0 Å². The first-order chi connectivity index (χ1) is 9.56. The quantitative estimate of drug-likeness (QED) is 0.896. The number of ether oxygens (including phenoxy) is 1. The van der Waals surface area contributed by atoms with Crippen molar-refractivity contribution in [2.45, 2.75) is 19.9 Å². The number of methoxy groups -OCH3 is 1. The Labute approximate surface area is 129 Å². The second-order valence-corrected chi connectivity index (χ2v) is 5.83.